The summed E-state index contributed by atoms with van der Waals surface area (Å²) in [6.07, 6.45) is 0.766. The van der Waals surface area contributed by atoms with Gasteiger partial charge in [0.15, 0.2) is 0 Å². The van der Waals surface area contributed by atoms with Crippen molar-refractivity contribution in [3.63, 3.8) is 0 Å². The van der Waals surface area contributed by atoms with Gasteiger partial charge in [0, 0.05) is 32.2 Å². The molecule has 1 rings (SSSR count). The predicted octanol–water partition coefficient (Wildman–Crippen LogP) is 0.554. The molecule has 1 heterocycles. The molecule has 19 heavy (non-hydrogen) atoms. The fourth-order valence-corrected chi connectivity index (χ4v) is 2.75. The molecule has 5 heteroatoms. The van der Waals surface area contributed by atoms with Crippen molar-refractivity contribution in [2.75, 3.05) is 46.9 Å². The van der Waals surface area contributed by atoms with Gasteiger partial charge in [-0.3, -0.25) is 9.69 Å². The van der Waals surface area contributed by atoms with Gasteiger partial charge in [-0.25, -0.2) is 0 Å². The van der Waals surface area contributed by atoms with E-state index < -0.39 is 5.54 Å². The standard InChI is InChI=1S/C14H29N3O2/c1-6-16-7-9-17(10-8-16)12(2)11-14(3,15-4)13(18)19-5/h12,15H,6-11H2,1-5H3. The molecular formula is C14H29N3O2. The second kappa shape index (κ2) is 7.22. The monoisotopic (exact) mass is 271 g/mol. The van der Waals surface area contributed by atoms with Crippen molar-refractivity contribution < 1.29 is 9.53 Å². The van der Waals surface area contributed by atoms with Crippen molar-refractivity contribution in [3.8, 4) is 0 Å². The molecule has 1 fully saturated rings. The van der Waals surface area contributed by atoms with E-state index in [1.54, 1.807) is 0 Å². The molecule has 0 radical (unpaired) electrons. The first kappa shape index (κ1) is 16.4. The molecule has 112 valence electrons. The van der Waals surface area contributed by atoms with Crippen LogP contribution in [0.2, 0.25) is 0 Å². The van der Waals surface area contributed by atoms with E-state index in [1.807, 2.05) is 14.0 Å². The number of ether oxygens (including phenoxy) is 1. The van der Waals surface area contributed by atoms with Gasteiger partial charge in [-0.15, -0.1) is 0 Å². The van der Waals surface area contributed by atoms with Crippen LogP contribution in [0.25, 0.3) is 0 Å². The van der Waals surface area contributed by atoms with Crippen LogP contribution in [0.3, 0.4) is 0 Å². The maximum atomic E-state index is 11.9. The van der Waals surface area contributed by atoms with E-state index in [0.717, 1.165) is 39.1 Å². The van der Waals surface area contributed by atoms with Crippen LogP contribution in [0.15, 0.2) is 0 Å². The number of carbonyl (C=O) groups excluding carboxylic acids is 1. The van der Waals surface area contributed by atoms with Crippen LogP contribution >= 0.6 is 0 Å². The van der Waals surface area contributed by atoms with Crippen LogP contribution in [0.4, 0.5) is 0 Å². The SMILES string of the molecule is CCN1CCN(C(C)CC(C)(NC)C(=O)OC)CC1. The minimum Gasteiger partial charge on any atom is -0.468 e. The third-order valence-electron chi connectivity index (χ3n) is 4.37. The molecule has 1 N–H and O–H groups in total. The molecule has 0 aliphatic carbocycles. The highest BCUT2D eigenvalue weighted by Gasteiger charge is 2.36. The van der Waals surface area contributed by atoms with Crippen LogP contribution < -0.4 is 5.32 Å². The van der Waals surface area contributed by atoms with Crippen molar-refractivity contribution in [1.29, 1.82) is 0 Å². The van der Waals surface area contributed by atoms with Gasteiger partial charge in [-0.05, 0) is 33.9 Å². The zero-order valence-electron chi connectivity index (χ0n) is 13.0. The molecule has 0 bridgehead atoms. The van der Waals surface area contributed by atoms with Gasteiger partial charge in [0.25, 0.3) is 0 Å². The van der Waals surface area contributed by atoms with Gasteiger partial charge in [-0.2, -0.15) is 0 Å². The third-order valence-corrected chi connectivity index (χ3v) is 4.37. The van der Waals surface area contributed by atoms with E-state index in [1.165, 1.54) is 7.11 Å². The lowest BCUT2D eigenvalue weighted by Crippen LogP contribution is -2.55. The zero-order valence-corrected chi connectivity index (χ0v) is 13.0. The second-order valence-corrected chi connectivity index (χ2v) is 5.60. The number of nitrogens with zero attached hydrogens (tertiary/aromatic N) is 2. The molecule has 0 aromatic rings. The molecule has 0 aromatic carbocycles. The van der Waals surface area contributed by atoms with Crippen LogP contribution in [-0.2, 0) is 9.53 Å². The van der Waals surface area contributed by atoms with Gasteiger partial charge in [0.05, 0.1) is 7.11 Å². The number of hydrogen-bond donors (Lipinski definition) is 1. The number of esters is 1. The maximum Gasteiger partial charge on any atom is 0.325 e. The van der Waals surface area contributed by atoms with E-state index in [2.05, 4.69) is 29.0 Å². The van der Waals surface area contributed by atoms with Crippen molar-refractivity contribution in [2.45, 2.75) is 38.8 Å². The summed E-state index contributed by atoms with van der Waals surface area (Å²) in [7, 11) is 3.27. The Hall–Kier alpha value is -0.650. The number of rotatable bonds is 6. The fraction of sp³-hybridized carbons (Fsp3) is 0.929. The van der Waals surface area contributed by atoms with Crippen molar-refractivity contribution in [1.82, 2.24) is 15.1 Å². The zero-order chi connectivity index (χ0) is 14.5. The number of methoxy groups -OCH3 is 1. The molecule has 0 saturated carbocycles. The lowest BCUT2D eigenvalue weighted by atomic mass is 9.93. The van der Waals surface area contributed by atoms with Gasteiger partial charge in [0.1, 0.15) is 5.54 Å². The smallest absolute Gasteiger partial charge is 0.325 e. The van der Waals surface area contributed by atoms with E-state index >= 15 is 0 Å². The highest BCUT2D eigenvalue weighted by atomic mass is 16.5. The van der Waals surface area contributed by atoms with Crippen molar-refractivity contribution in [2.24, 2.45) is 0 Å². The van der Waals surface area contributed by atoms with Crippen LogP contribution in [0.5, 0.6) is 0 Å². The largest absolute Gasteiger partial charge is 0.468 e. The number of carbonyl (C=O) groups is 1. The number of hydrogen-bond acceptors (Lipinski definition) is 5. The molecule has 1 aliphatic rings. The summed E-state index contributed by atoms with van der Waals surface area (Å²) in [5.41, 5.74) is -0.601. The lowest BCUT2D eigenvalue weighted by Gasteiger charge is -2.40. The summed E-state index contributed by atoms with van der Waals surface area (Å²) in [5.74, 6) is -0.186. The van der Waals surface area contributed by atoms with E-state index in [4.69, 9.17) is 4.74 Å². The van der Waals surface area contributed by atoms with Crippen LogP contribution in [-0.4, -0.2) is 74.2 Å². The number of piperazine rings is 1. The molecule has 1 aliphatic heterocycles. The molecular weight excluding hydrogens is 242 g/mol. The Morgan fingerprint density at radius 2 is 1.95 bits per heavy atom. The normalized spacial score (nSPS) is 22.8. The summed E-state index contributed by atoms with van der Waals surface area (Å²) < 4.78 is 4.90. The Morgan fingerprint density at radius 3 is 2.37 bits per heavy atom. The third kappa shape index (κ3) is 4.16. The summed E-state index contributed by atoms with van der Waals surface area (Å²) in [5, 5.41) is 3.11. The second-order valence-electron chi connectivity index (χ2n) is 5.60. The Bertz CT molecular complexity index is 290. The van der Waals surface area contributed by atoms with E-state index in [-0.39, 0.29) is 5.97 Å². The summed E-state index contributed by atoms with van der Waals surface area (Å²) in [6, 6.07) is 0.371. The Kier molecular flexibility index (Phi) is 6.23. The van der Waals surface area contributed by atoms with Gasteiger partial charge < -0.3 is 15.0 Å². The van der Waals surface area contributed by atoms with E-state index in [0.29, 0.717) is 6.04 Å². The molecule has 0 aromatic heterocycles. The first-order valence-electron chi connectivity index (χ1n) is 7.20. The van der Waals surface area contributed by atoms with Gasteiger partial charge >= 0.3 is 5.97 Å². The number of likely N-dealkylation sites (N-methyl/N-ethyl adjacent to an activating group) is 2. The average molecular weight is 271 g/mol. The molecule has 0 amide bonds. The van der Waals surface area contributed by atoms with Crippen LogP contribution in [0, 0.1) is 0 Å². The first-order chi connectivity index (χ1) is 8.96. The first-order valence-corrected chi connectivity index (χ1v) is 7.20. The minimum absolute atomic E-state index is 0.186. The minimum atomic E-state index is -0.601. The summed E-state index contributed by atoms with van der Waals surface area (Å²) in [4.78, 5) is 16.8. The molecule has 2 atom stereocenters. The van der Waals surface area contributed by atoms with Crippen LogP contribution in [0.1, 0.15) is 27.2 Å². The maximum absolute atomic E-state index is 11.9. The molecule has 0 spiro atoms. The van der Waals surface area contributed by atoms with E-state index in [9.17, 15) is 4.79 Å². The van der Waals surface area contributed by atoms with Gasteiger partial charge in [-0.1, -0.05) is 6.92 Å². The Labute approximate surface area is 117 Å². The predicted molar refractivity (Wildman–Crippen MR) is 77.2 cm³/mol. The molecule has 1 saturated heterocycles. The Morgan fingerprint density at radius 1 is 1.37 bits per heavy atom. The highest BCUT2D eigenvalue weighted by molar-refractivity contribution is 5.80. The fourth-order valence-electron chi connectivity index (χ4n) is 2.75. The Balaban J connectivity index is 2.54. The average Bonchev–Trinajstić information content (AvgIpc) is 2.46. The lowest BCUT2D eigenvalue weighted by molar-refractivity contribution is -0.148. The molecule has 5 nitrogen and oxygen atoms in total. The van der Waals surface area contributed by atoms with Gasteiger partial charge in [0.2, 0.25) is 0 Å². The summed E-state index contributed by atoms with van der Waals surface area (Å²) in [6.45, 7) is 11.8. The van der Waals surface area contributed by atoms with Crippen molar-refractivity contribution in [3.05, 3.63) is 0 Å². The molecule has 2 unspecified atom stereocenters. The quantitative estimate of drug-likeness (QED) is 0.715. The van der Waals surface area contributed by atoms with Crippen molar-refractivity contribution >= 4 is 5.97 Å². The summed E-state index contributed by atoms with van der Waals surface area (Å²) >= 11 is 0. The highest BCUT2D eigenvalue weighted by Crippen LogP contribution is 2.19. The topological polar surface area (TPSA) is 44.8 Å². The number of nitrogens with one attached hydrogen (secondary N) is 1.